The van der Waals surface area contributed by atoms with Crippen LogP contribution in [0, 0.1) is 12.5 Å². The summed E-state index contributed by atoms with van der Waals surface area (Å²) in [6.07, 6.45) is 7.98. The van der Waals surface area contributed by atoms with Gasteiger partial charge in [-0.1, -0.05) is 50.6 Å². The summed E-state index contributed by atoms with van der Waals surface area (Å²) in [4.78, 5) is 39.2. The Kier molecular flexibility index (Phi) is 10.5. The molecule has 0 heterocycles. The normalized spacial score (nSPS) is 12.6. The SMILES string of the molecule is C#CN(C(=O)C(CO)NC(=O)OC(C)(C)C)C(C(=O)NCCCC)c1cccc(C=C)c1. The first-order valence-corrected chi connectivity index (χ1v) is 10.5. The van der Waals surface area contributed by atoms with Crippen molar-refractivity contribution in [2.75, 3.05) is 13.2 Å². The lowest BCUT2D eigenvalue weighted by Gasteiger charge is -2.30. The van der Waals surface area contributed by atoms with Crippen LogP contribution in [0.5, 0.6) is 0 Å². The summed E-state index contributed by atoms with van der Waals surface area (Å²) in [5, 5.41) is 14.8. The number of aliphatic hydroxyl groups excluding tert-OH is 1. The van der Waals surface area contributed by atoms with Gasteiger partial charge in [0, 0.05) is 12.6 Å². The molecule has 1 rings (SSSR count). The molecular formula is C24H33N3O5. The molecule has 0 fully saturated rings. The predicted octanol–water partition coefficient (Wildman–Crippen LogP) is 2.59. The number of nitrogens with one attached hydrogen (secondary N) is 2. The summed E-state index contributed by atoms with van der Waals surface area (Å²) in [6.45, 7) is 10.4. The third-order valence-electron chi connectivity index (χ3n) is 4.35. The molecule has 0 aliphatic heterocycles. The van der Waals surface area contributed by atoms with E-state index in [9.17, 15) is 19.5 Å². The van der Waals surface area contributed by atoms with Crippen LogP contribution < -0.4 is 10.6 Å². The van der Waals surface area contributed by atoms with E-state index in [0.29, 0.717) is 12.1 Å². The van der Waals surface area contributed by atoms with E-state index in [-0.39, 0.29) is 0 Å². The molecule has 1 aromatic carbocycles. The van der Waals surface area contributed by atoms with Gasteiger partial charge >= 0.3 is 6.09 Å². The Morgan fingerprint density at radius 3 is 2.56 bits per heavy atom. The lowest BCUT2D eigenvalue weighted by atomic mass is 10.0. The van der Waals surface area contributed by atoms with Gasteiger partial charge in [-0.15, -0.1) is 0 Å². The Morgan fingerprint density at radius 1 is 1.34 bits per heavy atom. The molecule has 0 radical (unpaired) electrons. The zero-order valence-corrected chi connectivity index (χ0v) is 19.2. The summed E-state index contributed by atoms with van der Waals surface area (Å²) >= 11 is 0. The second-order valence-electron chi connectivity index (χ2n) is 8.14. The number of unbranched alkanes of at least 4 members (excludes halogenated alkanes) is 1. The topological polar surface area (TPSA) is 108 Å². The van der Waals surface area contributed by atoms with Crippen molar-refractivity contribution < 1.29 is 24.2 Å². The Morgan fingerprint density at radius 2 is 2.03 bits per heavy atom. The summed E-state index contributed by atoms with van der Waals surface area (Å²) in [5.41, 5.74) is 0.409. The van der Waals surface area contributed by atoms with Gasteiger partial charge in [-0.3, -0.25) is 14.5 Å². The number of amides is 3. The van der Waals surface area contributed by atoms with Crippen LogP contribution in [0.4, 0.5) is 4.79 Å². The number of carbonyl (C=O) groups is 3. The fourth-order valence-corrected chi connectivity index (χ4v) is 2.83. The summed E-state index contributed by atoms with van der Waals surface area (Å²) in [7, 11) is 0. The maximum Gasteiger partial charge on any atom is 0.408 e. The highest BCUT2D eigenvalue weighted by Gasteiger charge is 2.35. The summed E-state index contributed by atoms with van der Waals surface area (Å²) in [6, 6.07) is 6.57. The second kappa shape index (κ2) is 12.5. The van der Waals surface area contributed by atoms with Gasteiger partial charge in [-0.25, -0.2) is 4.79 Å². The van der Waals surface area contributed by atoms with Gasteiger partial charge in [-0.05, 0) is 44.4 Å². The molecule has 0 aliphatic rings. The van der Waals surface area contributed by atoms with Gasteiger partial charge in [0.05, 0.1) is 6.61 Å². The molecule has 0 bridgehead atoms. The molecule has 3 amide bonds. The standard InChI is InChI=1S/C24H33N3O5/c1-7-10-14-25-21(29)20(18-13-11-12-17(8-2)15-18)27(9-3)22(30)19(16-28)26-23(31)32-24(4,5)6/h3,8,11-13,15,19-20,28H,2,7,10,14,16H2,1,4-6H3,(H,25,29)(H,26,31). The monoisotopic (exact) mass is 443 g/mol. The number of rotatable bonds is 10. The molecule has 0 aliphatic carbocycles. The molecular weight excluding hydrogens is 410 g/mol. The highest BCUT2D eigenvalue weighted by Crippen LogP contribution is 2.23. The number of ether oxygens (including phenoxy) is 1. The molecule has 8 nitrogen and oxygen atoms in total. The molecule has 0 saturated carbocycles. The number of hydrogen-bond donors (Lipinski definition) is 3. The van der Waals surface area contributed by atoms with Crippen molar-refractivity contribution >= 4 is 24.0 Å². The average Bonchev–Trinajstić information content (AvgIpc) is 2.74. The molecule has 0 aromatic heterocycles. The first kappa shape index (κ1) is 26.7. The van der Waals surface area contributed by atoms with Crippen LogP contribution in [-0.4, -0.2) is 52.7 Å². The molecule has 174 valence electrons. The fourth-order valence-electron chi connectivity index (χ4n) is 2.83. The van der Waals surface area contributed by atoms with Gasteiger partial charge in [0.25, 0.3) is 5.91 Å². The van der Waals surface area contributed by atoms with Crippen molar-refractivity contribution in [3.8, 4) is 12.5 Å². The van der Waals surface area contributed by atoms with E-state index in [4.69, 9.17) is 11.2 Å². The van der Waals surface area contributed by atoms with Crippen LogP contribution in [0.25, 0.3) is 6.08 Å². The first-order chi connectivity index (χ1) is 15.1. The average molecular weight is 444 g/mol. The minimum Gasteiger partial charge on any atom is -0.444 e. The quantitative estimate of drug-likeness (QED) is 0.293. The lowest BCUT2D eigenvalue weighted by molar-refractivity contribution is -0.139. The van der Waals surface area contributed by atoms with Crippen molar-refractivity contribution in [2.45, 2.75) is 58.2 Å². The largest absolute Gasteiger partial charge is 0.444 e. The third kappa shape index (κ3) is 8.08. The van der Waals surface area contributed by atoms with E-state index in [0.717, 1.165) is 23.3 Å². The van der Waals surface area contributed by atoms with Crippen LogP contribution >= 0.6 is 0 Å². The molecule has 32 heavy (non-hydrogen) atoms. The van der Waals surface area contributed by atoms with Crippen molar-refractivity contribution in [2.24, 2.45) is 0 Å². The Balaban J connectivity index is 3.26. The number of aliphatic hydroxyl groups is 1. The molecule has 2 unspecified atom stereocenters. The highest BCUT2D eigenvalue weighted by molar-refractivity contribution is 5.93. The van der Waals surface area contributed by atoms with E-state index in [1.807, 2.05) is 6.92 Å². The van der Waals surface area contributed by atoms with Crippen LogP contribution in [-0.2, 0) is 14.3 Å². The van der Waals surface area contributed by atoms with E-state index in [1.54, 1.807) is 51.1 Å². The number of hydrogen-bond acceptors (Lipinski definition) is 5. The molecule has 0 spiro atoms. The number of terminal acetylenes is 1. The molecule has 2 atom stereocenters. The lowest BCUT2D eigenvalue weighted by Crippen LogP contribution is -2.53. The number of carbonyl (C=O) groups excluding carboxylic acids is 3. The zero-order chi connectivity index (χ0) is 24.3. The number of nitrogens with zero attached hydrogens (tertiary/aromatic N) is 1. The van der Waals surface area contributed by atoms with Crippen LogP contribution in [0.3, 0.4) is 0 Å². The Bertz CT molecular complexity index is 854. The maximum atomic E-state index is 13.2. The minimum atomic E-state index is -1.39. The van der Waals surface area contributed by atoms with E-state index < -0.39 is 42.2 Å². The number of benzene rings is 1. The van der Waals surface area contributed by atoms with Gasteiger partial charge < -0.3 is 20.5 Å². The van der Waals surface area contributed by atoms with Crippen molar-refractivity contribution in [3.05, 3.63) is 42.0 Å². The zero-order valence-electron chi connectivity index (χ0n) is 19.2. The molecule has 8 heteroatoms. The van der Waals surface area contributed by atoms with Gasteiger partial charge in [-0.2, -0.15) is 0 Å². The Hall–Kier alpha value is -3.31. The smallest absolute Gasteiger partial charge is 0.408 e. The number of alkyl carbamates (subject to hydrolysis) is 1. The van der Waals surface area contributed by atoms with Gasteiger partial charge in [0.2, 0.25) is 5.91 Å². The predicted molar refractivity (Wildman–Crippen MR) is 123 cm³/mol. The minimum absolute atomic E-state index is 0.416. The highest BCUT2D eigenvalue weighted by atomic mass is 16.6. The van der Waals surface area contributed by atoms with Crippen LogP contribution in [0.1, 0.15) is 57.7 Å². The van der Waals surface area contributed by atoms with Crippen molar-refractivity contribution in [1.29, 1.82) is 0 Å². The molecule has 3 N–H and O–H groups in total. The van der Waals surface area contributed by atoms with Crippen LogP contribution in [0.2, 0.25) is 0 Å². The Labute approximate surface area is 190 Å². The fraction of sp³-hybridized carbons (Fsp3) is 0.458. The maximum absolute atomic E-state index is 13.2. The van der Waals surface area contributed by atoms with Gasteiger partial charge in [0.1, 0.15) is 17.7 Å². The van der Waals surface area contributed by atoms with Crippen molar-refractivity contribution in [1.82, 2.24) is 15.5 Å². The van der Waals surface area contributed by atoms with E-state index in [1.165, 1.54) is 0 Å². The molecule has 0 saturated heterocycles. The van der Waals surface area contributed by atoms with E-state index >= 15 is 0 Å². The summed E-state index contributed by atoms with van der Waals surface area (Å²) in [5.74, 6) is -1.29. The molecule has 1 aromatic rings. The first-order valence-electron chi connectivity index (χ1n) is 10.5. The second-order valence-corrected chi connectivity index (χ2v) is 8.14. The third-order valence-corrected chi connectivity index (χ3v) is 4.35. The van der Waals surface area contributed by atoms with Crippen LogP contribution in [0.15, 0.2) is 30.8 Å². The van der Waals surface area contributed by atoms with Crippen molar-refractivity contribution in [3.63, 3.8) is 0 Å². The van der Waals surface area contributed by atoms with Gasteiger partial charge in [0.15, 0.2) is 0 Å². The van der Waals surface area contributed by atoms with E-state index in [2.05, 4.69) is 23.3 Å². The summed E-state index contributed by atoms with van der Waals surface area (Å²) < 4.78 is 5.15.